The van der Waals surface area contributed by atoms with Crippen molar-refractivity contribution in [3.8, 4) is 0 Å². The molecule has 0 spiro atoms. The second kappa shape index (κ2) is 2.37. The summed E-state index contributed by atoms with van der Waals surface area (Å²) in [6.45, 7) is 1.99. The summed E-state index contributed by atoms with van der Waals surface area (Å²) in [5.74, 6) is 0.106. The van der Waals surface area contributed by atoms with Crippen molar-refractivity contribution in [2.24, 2.45) is 5.73 Å². The SMILES string of the molecule is CC1=C(N)CCC2=C1CC(=O)N2. The highest BCUT2D eigenvalue weighted by molar-refractivity contribution is 5.86. The Morgan fingerprint density at radius 3 is 2.92 bits per heavy atom. The van der Waals surface area contributed by atoms with Crippen LogP contribution in [0.25, 0.3) is 0 Å². The fraction of sp³-hybridized carbons (Fsp3) is 0.444. The monoisotopic (exact) mass is 164 g/mol. The van der Waals surface area contributed by atoms with Crippen molar-refractivity contribution in [1.29, 1.82) is 0 Å². The lowest BCUT2D eigenvalue weighted by Crippen LogP contribution is -2.16. The topological polar surface area (TPSA) is 55.1 Å². The molecule has 0 fully saturated rings. The first-order chi connectivity index (χ1) is 5.68. The number of amides is 1. The first kappa shape index (κ1) is 7.40. The number of nitrogens with one attached hydrogen (secondary N) is 1. The Morgan fingerprint density at radius 2 is 2.17 bits per heavy atom. The van der Waals surface area contributed by atoms with E-state index in [1.165, 1.54) is 0 Å². The molecule has 0 radical (unpaired) electrons. The third-order valence-electron chi connectivity index (χ3n) is 2.57. The molecule has 64 valence electrons. The molecule has 0 aromatic heterocycles. The zero-order chi connectivity index (χ0) is 8.72. The second-order valence-corrected chi connectivity index (χ2v) is 3.33. The number of rotatable bonds is 0. The molecule has 0 unspecified atom stereocenters. The lowest BCUT2D eigenvalue weighted by atomic mass is 9.94. The number of hydrogen-bond donors (Lipinski definition) is 2. The summed E-state index contributed by atoms with van der Waals surface area (Å²) in [7, 11) is 0. The minimum atomic E-state index is 0.106. The Hall–Kier alpha value is -1.25. The van der Waals surface area contributed by atoms with Gasteiger partial charge in [0.05, 0.1) is 6.42 Å². The van der Waals surface area contributed by atoms with Crippen LogP contribution < -0.4 is 11.1 Å². The van der Waals surface area contributed by atoms with E-state index in [1.807, 2.05) is 6.92 Å². The molecule has 3 nitrogen and oxygen atoms in total. The molecular weight excluding hydrogens is 152 g/mol. The number of allylic oxidation sites excluding steroid dienone is 3. The number of nitrogens with two attached hydrogens (primary N) is 1. The highest BCUT2D eigenvalue weighted by Crippen LogP contribution is 2.31. The van der Waals surface area contributed by atoms with Crippen molar-refractivity contribution in [2.45, 2.75) is 26.2 Å². The summed E-state index contributed by atoms with van der Waals surface area (Å²) in [4.78, 5) is 11.0. The molecule has 1 amide bonds. The van der Waals surface area contributed by atoms with Crippen LogP contribution in [0.1, 0.15) is 26.2 Å². The van der Waals surface area contributed by atoms with Gasteiger partial charge in [0.2, 0.25) is 5.91 Å². The maximum Gasteiger partial charge on any atom is 0.228 e. The molecule has 0 bridgehead atoms. The smallest absolute Gasteiger partial charge is 0.228 e. The summed E-state index contributed by atoms with van der Waals surface area (Å²) in [6.07, 6.45) is 2.29. The molecule has 2 aliphatic rings. The van der Waals surface area contributed by atoms with Gasteiger partial charge in [-0.3, -0.25) is 4.79 Å². The number of carbonyl (C=O) groups excluding carboxylic acids is 1. The van der Waals surface area contributed by atoms with E-state index in [-0.39, 0.29) is 5.91 Å². The average molecular weight is 164 g/mol. The maximum atomic E-state index is 11.0. The molecule has 1 aliphatic carbocycles. The first-order valence-corrected chi connectivity index (χ1v) is 4.16. The van der Waals surface area contributed by atoms with Gasteiger partial charge in [0.1, 0.15) is 0 Å². The number of hydrogen-bond acceptors (Lipinski definition) is 2. The van der Waals surface area contributed by atoms with Crippen molar-refractivity contribution in [2.75, 3.05) is 0 Å². The molecule has 0 atom stereocenters. The van der Waals surface area contributed by atoms with Gasteiger partial charge in [0, 0.05) is 11.4 Å². The fourth-order valence-corrected chi connectivity index (χ4v) is 1.77. The van der Waals surface area contributed by atoms with E-state index in [4.69, 9.17) is 5.73 Å². The summed E-state index contributed by atoms with van der Waals surface area (Å²) < 4.78 is 0. The molecule has 3 heteroatoms. The highest BCUT2D eigenvalue weighted by atomic mass is 16.1. The van der Waals surface area contributed by atoms with Crippen LogP contribution in [-0.4, -0.2) is 5.91 Å². The molecule has 3 N–H and O–H groups in total. The molecule has 0 saturated carbocycles. The van der Waals surface area contributed by atoms with E-state index in [1.54, 1.807) is 0 Å². The van der Waals surface area contributed by atoms with Crippen LogP contribution in [0.5, 0.6) is 0 Å². The molecule has 1 heterocycles. The minimum absolute atomic E-state index is 0.106. The fourth-order valence-electron chi connectivity index (χ4n) is 1.77. The minimum Gasteiger partial charge on any atom is -0.402 e. The van der Waals surface area contributed by atoms with E-state index in [0.29, 0.717) is 6.42 Å². The van der Waals surface area contributed by atoms with E-state index in [2.05, 4.69) is 5.32 Å². The van der Waals surface area contributed by atoms with Crippen molar-refractivity contribution < 1.29 is 4.79 Å². The van der Waals surface area contributed by atoms with Crippen molar-refractivity contribution >= 4 is 5.91 Å². The van der Waals surface area contributed by atoms with Gasteiger partial charge in [0.15, 0.2) is 0 Å². The molecule has 12 heavy (non-hydrogen) atoms. The van der Waals surface area contributed by atoms with E-state index >= 15 is 0 Å². The van der Waals surface area contributed by atoms with Crippen LogP contribution >= 0.6 is 0 Å². The highest BCUT2D eigenvalue weighted by Gasteiger charge is 2.25. The Balaban J connectivity index is 2.39. The molecule has 0 aromatic rings. The first-order valence-electron chi connectivity index (χ1n) is 4.16. The van der Waals surface area contributed by atoms with Gasteiger partial charge in [-0.05, 0) is 30.9 Å². The van der Waals surface area contributed by atoms with Gasteiger partial charge in [0.25, 0.3) is 0 Å². The van der Waals surface area contributed by atoms with E-state index in [0.717, 1.165) is 35.4 Å². The molecule has 0 aromatic carbocycles. The normalized spacial score (nSPS) is 22.9. The summed E-state index contributed by atoms with van der Waals surface area (Å²) in [5, 5.41) is 2.86. The summed E-state index contributed by atoms with van der Waals surface area (Å²) >= 11 is 0. The van der Waals surface area contributed by atoms with Gasteiger partial charge in [-0.2, -0.15) is 0 Å². The van der Waals surface area contributed by atoms with Crippen LogP contribution in [0, 0.1) is 0 Å². The Bertz CT molecular complexity index is 312. The van der Waals surface area contributed by atoms with E-state index < -0.39 is 0 Å². The van der Waals surface area contributed by atoms with Crippen molar-refractivity contribution in [3.63, 3.8) is 0 Å². The Kier molecular flexibility index (Phi) is 1.46. The zero-order valence-corrected chi connectivity index (χ0v) is 7.11. The van der Waals surface area contributed by atoms with Crippen LogP contribution in [0.4, 0.5) is 0 Å². The zero-order valence-electron chi connectivity index (χ0n) is 7.11. The van der Waals surface area contributed by atoms with Gasteiger partial charge < -0.3 is 11.1 Å². The summed E-state index contributed by atoms with van der Waals surface area (Å²) in [5.41, 5.74) is 10.0. The quantitative estimate of drug-likeness (QED) is 0.556. The standard InChI is InChI=1S/C9H12N2O/c1-5-6-4-9(12)11-8(6)3-2-7(5)10/h2-4,10H2,1H3,(H,11,12). The van der Waals surface area contributed by atoms with Gasteiger partial charge in [-0.15, -0.1) is 0 Å². The lowest BCUT2D eigenvalue weighted by molar-refractivity contribution is -0.118. The lowest BCUT2D eigenvalue weighted by Gasteiger charge is -2.16. The predicted molar refractivity (Wildman–Crippen MR) is 45.9 cm³/mol. The van der Waals surface area contributed by atoms with Crippen molar-refractivity contribution in [1.82, 2.24) is 5.32 Å². The van der Waals surface area contributed by atoms with Gasteiger partial charge in [-0.1, -0.05) is 0 Å². The number of carbonyl (C=O) groups is 1. The average Bonchev–Trinajstić information content (AvgIpc) is 2.39. The van der Waals surface area contributed by atoms with E-state index in [9.17, 15) is 4.79 Å². The summed E-state index contributed by atoms with van der Waals surface area (Å²) in [6, 6.07) is 0. The van der Waals surface area contributed by atoms with Crippen LogP contribution in [0.2, 0.25) is 0 Å². The van der Waals surface area contributed by atoms with Gasteiger partial charge in [-0.25, -0.2) is 0 Å². The largest absolute Gasteiger partial charge is 0.402 e. The molecule has 1 aliphatic heterocycles. The molecular formula is C9H12N2O. The van der Waals surface area contributed by atoms with Gasteiger partial charge >= 0.3 is 0 Å². The van der Waals surface area contributed by atoms with Crippen LogP contribution in [-0.2, 0) is 4.79 Å². The Labute approximate surface area is 71.3 Å². The van der Waals surface area contributed by atoms with Crippen LogP contribution in [0.15, 0.2) is 22.5 Å². The predicted octanol–water partition coefficient (Wildman–Crippen LogP) is 0.787. The Morgan fingerprint density at radius 1 is 1.42 bits per heavy atom. The third kappa shape index (κ3) is 0.932. The van der Waals surface area contributed by atoms with Crippen molar-refractivity contribution in [3.05, 3.63) is 22.5 Å². The molecule has 2 rings (SSSR count). The third-order valence-corrected chi connectivity index (χ3v) is 2.57. The van der Waals surface area contributed by atoms with Crippen LogP contribution in [0.3, 0.4) is 0 Å². The maximum absolute atomic E-state index is 11.0. The molecule has 0 saturated heterocycles. The second-order valence-electron chi connectivity index (χ2n) is 3.33.